The van der Waals surface area contributed by atoms with Crippen molar-refractivity contribution in [3.63, 3.8) is 0 Å². The lowest BCUT2D eigenvalue weighted by Gasteiger charge is -2.23. The summed E-state index contributed by atoms with van der Waals surface area (Å²) < 4.78 is 20.7. The highest BCUT2D eigenvalue weighted by Gasteiger charge is 2.56. The summed E-state index contributed by atoms with van der Waals surface area (Å²) in [5.41, 5.74) is -1.31. The van der Waals surface area contributed by atoms with Crippen LogP contribution in [0.15, 0.2) is 12.1 Å². The van der Waals surface area contributed by atoms with Gasteiger partial charge in [0.2, 0.25) is 0 Å². The van der Waals surface area contributed by atoms with Gasteiger partial charge in [0.05, 0.1) is 25.3 Å². The molecular weight excluding hydrogens is 312 g/mol. The molecule has 0 aliphatic carbocycles. The fraction of sp³-hybridized carbons (Fsp3) is 0.467. The number of hydrogen-bond donors (Lipinski definition) is 0. The van der Waals surface area contributed by atoms with Crippen molar-refractivity contribution < 1.29 is 28.5 Å². The zero-order chi connectivity index (χ0) is 16.3. The molecule has 2 rings (SSSR count). The summed E-state index contributed by atoms with van der Waals surface area (Å²) in [6, 6.07) is 3.16. The van der Waals surface area contributed by atoms with Crippen molar-refractivity contribution in [3.05, 3.63) is 22.7 Å². The Hall–Kier alpha value is -1.95. The van der Waals surface area contributed by atoms with E-state index >= 15 is 0 Å². The van der Waals surface area contributed by atoms with E-state index in [9.17, 15) is 9.59 Å². The van der Waals surface area contributed by atoms with Crippen LogP contribution in [0, 0.1) is 0 Å². The quantitative estimate of drug-likeness (QED) is 0.609. The Kier molecular flexibility index (Phi) is 4.81. The van der Waals surface area contributed by atoms with E-state index in [-0.39, 0.29) is 19.6 Å². The summed E-state index contributed by atoms with van der Waals surface area (Å²) in [4.78, 5) is 24.6. The minimum Gasteiger partial charge on any atom is -0.497 e. The summed E-state index contributed by atoms with van der Waals surface area (Å²) >= 11 is 6.18. The van der Waals surface area contributed by atoms with Gasteiger partial charge in [0.25, 0.3) is 0 Å². The molecule has 0 radical (unpaired) electrons. The van der Waals surface area contributed by atoms with E-state index in [1.807, 2.05) is 0 Å². The Morgan fingerprint density at radius 1 is 1.23 bits per heavy atom. The molecule has 1 aromatic carbocycles. The minimum absolute atomic E-state index is 0.0389. The summed E-state index contributed by atoms with van der Waals surface area (Å²) in [5.74, 6) is -0.808. The van der Waals surface area contributed by atoms with Gasteiger partial charge >= 0.3 is 17.5 Å². The van der Waals surface area contributed by atoms with Gasteiger partial charge in [0, 0.05) is 18.1 Å². The Labute approximate surface area is 133 Å². The number of methoxy groups -OCH3 is 1. The van der Waals surface area contributed by atoms with Gasteiger partial charge in [0.15, 0.2) is 0 Å². The van der Waals surface area contributed by atoms with E-state index in [0.29, 0.717) is 22.1 Å². The lowest BCUT2D eigenvalue weighted by atomic mass is 9.97. The first-order chi connectivity index (χ1) is 10.5. The lowest BCUT2D eigenvalue weighted by Crippen LogP contribution is -2.53. The zero-order valence-electron chi connectivity index (χ0n) is 12.6. The maximum atomic E-state index is 12.3. The Morgan fingerprint density at radius 2 is 1.82 bits per heavy atom. The highest BCUT2D eigenvalue weighted by atomic mass is 35.5. The zero-order valence-corrected chi connectivity index (χ0v) is 13.4. The highest BCUT2D eigenvalue weighted by Crippen LogP contribution is 2.43. The second-order valence-corrected chi connectivity index (χ2v) is 5.04. The summed E-state index contributed by atoms with van der Waals surface area (Å²) in [6.07, 6.45) is -0.0389. The molecule has 22 heavy (non-hydrogen) atoms. The van der Waals surface area contributed by atoms with E-state index in [2.05, 4.69) is 0 Å². The molecular formula is C15H17ClO6. The van der Waals surface area contributed by atoms with Crippen LogP contribution in [0.3, 0.4) is 0 Å². The van der Waals surface area contributed by atoms with E-state index in [4.69, 9.17) is 30.5 Å². The number of benzene rings is 1. The summed E-state index contributed by atoms with van der Waals surface area (Å²) in [6.45, 7) is 3.54. The van der Waals surface area contributed by atoms with Gasteiger partial charge in [-0.15, -0.1) is 0 Å². The van der Waals surface area contributed by atoms with Crippen LogP contribution in [0.5, 0.6) is 11.5 Å². The van der Waals surface area contributed by atoms with Gasteiger partial charge in [-0.1, -0.05) is 11.6 Å². The smallest absolute Gasteiger partial charge is 0.362 e. The number of ether oxygens (including phenoxy) is 4. The van der Waals surface area contributed by atoms with Crippen molar-refractivity contribution in [1.82, 2.24) is 0 Å². The molecule has 0 spiro atoms. The second kappa shape index (κ2) is 6.44. The van der Waals surface area contributed by atoms with Crippen molar-refractivity contribution in [1.29, 1.82) is 0 Å². The van der Waals surface area contributed by atoms with E-state index < -0.39 is 17.5 Å². The number of rotatable bonds is 5. The van der Waals surface area contributed by atoms with Crippen molar-refractivity contribution in [2.75, 3.05) is 20.3 Å². The van der Waals surface area contributed by atoms with Crippen molar-refractivity contribution in [2.45, 2.75) is 25.9 Å². The second-order valence-electron chi connectivity index (χ2n) is 4.63. The van der Waals surface area contributed by atoms with Gasteiger partial charge in [0.1, 0.15) is 11.5 Å². The van der Waals surface area contributed by atoms with Crippen LogP contribution in [0.4, 0.5) is 0 Å². The van der Waals surface area contributed by atoms with Crippen molar-refractivity contribution >= 4 is 23.5 Å². The summed E-state index contributed by atoms with van der Waals surface area (Å²) in [7, 11) is 1.48. The third-order valence-corrected chi connectivity index (χ3v) is 3.62. The molecule has 0 unspecified atom stereocenters. The highest BCUT2D eigenvalue weighted by molar-refractivity contribution is 6.32. The molecule has 1 aromatic rings. The number of carbonyl (C=O) groups excluding carboxylic acids is 2. The number of halogens is 1. The van der Waals surface area contributed by atoms with Gasteiger partial charge < -0.3 is 18.9 Å². The Morgan fingerprint density at radius 3 is 2.32 bits per heavy atom. The van der Waals surface area contributed by atoms with Crippen LogP contribution in [0.25, 0.3) is 0 Å². The predicted octanol–water partition coefficient (Wildman–Crippen LogP) is 2.15. The lowest BCUT2D eigenvalue weighted by molar-refractivity contribution is -0.177. The van der Waals surface area contributed by atoms with E-state index in [0.717, 1.165) is 0 Å². The normalized spacial score (nSPS) is 14.7. The molecule has 0 saturated heterocycles. The number of carbonyl (C=O) groups is 2. The molecule has 1 aliphatic heterocycles. The van der Waals surface area contributed by atoms with E-state index in [1.165, 1.54) is 7.11 Å². The van der Waals surface area contributed by atoms with Crippen molar-refractivity contribution in [3.8, 4) is 11.5 Å². The molecule has 0 N–H and O–H groups in total. The number of esters is 2. The first kappa shape index (κ1) is 16.4. The fourth-order valence-corrected chi connectivity index (χ4v) is 2.51. The molecule has 0 amide bonds. The number of fused-ring (bicyclic) bond motifs is 1. The molecule has 0 bridgehead atoms. The molecule has 120 valence electrons. The molecule has 0 atom stereocenters. The Balaban J connectivity index is 2.44. The third kappa shape index (κ3) is 2.70. The van der Waals surface area contributed by atoms with Crippen LogP contribution < -0.4 is 9.47 Å². The number of hydrogen-bond acceptors (Lipinski definition) is 6. The predicted molar refractivity (Wildman–Crippen MR) is 78.3 cm³/mol. The molecule has 0 saturated carbocycles. The van der Waals surface area contributed by atoms with Crippen LogP contribution in [-0.2, 0) is 25.5 Å². The molecule has 6 nitrogen and oxygen atoms in total. The van der Waals surface area contributed by atoms with Crippen LogP contribution in [0.1, 0.15) is 19.4 Å². The van der Waals surface area contributed by atoms with Gasteiger partial charge in [-0.05, 0) is 19.9 Å². The maximum Gasteiger partial charge on any atom is 0.362 e. The molecule has 1 heterocycles. The van der Waals surface area contributed by atoms with E-state index in [1.54, 1.807) is 26.0 Å². The average Bonchev–Trinajstić information content (AvgIpc) is 2.89. The Bertz CT molecular complexity index is 580. The molecule has 7 heteroatoms. The largest absolute Gasteiger partial charge is 0.497 e. The fourth-order valence-electron chi connectivity index (χ4n) is 2.25. The van der Waals surface area contributed by atoms with Crippen LogP contribution >= 0.6 is 11.6 Å². The summed E-state index contributed by atoms with van der Waals surface area (Å²) in [5, 5.41) is 0.352. The topological polar surface area (TPSA) is 71.1 Å². The first-order valence-corrected chi connectivity index (χ1v) is 7.26. The standard InChI is InChI=1S/C15H17ClO6/c1-4-20-13(17)15(14(18)21-5-2)8-10-11(16)6-9(19-3)7-12(10)22-15/h6-7H,4-5,8H2,1-3H3. The molecule has 0 fully saturated rings. The first-order valence-electron chi connectivity index (χ1n) is 6.88. The van der Waals surface area contributed by atoms with Gasteiger partial charge in [-0.2, -0.15) is 0 Å². The van der Waals surface area contributed by atoms with Crippen LogP contribution in [0.2, 0.25) is 5.02 Å². The van der Waals surface area contributed by atoms with Gasteiger partial charge in [-0.3, -0.25) is 0 Å². The minimum atomic E-state index is -1.86. The van der Waals surface area contributed by atoms with Crippen LogP contribution in [-0.4, -0.2) is 37.9 Å². The SMILES string of the molecule is CCOC(=O)C1(C(=O)OCC)Cc2c(Cl)cc(OC)cc2O1. The maximum absolute atomic E-state index is 12.3. The van der Waals surface area contributed by atoms with Crippen molar-refractivity contribution in [2.24, 2.45) is 0 Å². The third-order valence-electron chi connectivity index (χ3n) is 3.28. The molecule has 1 aliphatic rings. The average molecular weight is 329 g/mol. The van der Waals surface area contributed by atoms with Gasteiger partial charge in [-0.25, -0.2) is 9.59 Å². The monoisotopic (exact) mass is 328 g/mol. The molecule has 0 aromatic heterocycles.